The van der Waals surface area contributed by atoms with E-state index in [0.29, 0.717) is 38.2 Å². The van der Waals surface area contributed by atoms with E-state index in [1.165, 1.54) is 23.3 Å². The van der Waals surface area contributed by atoms with Gasteiger partial charge in [0.15, 0.2) is 22.1 Å². The van der Waals surface area contributed by atoms with E-state index >= 15 is 0 Å². The Balaban J connectivity index is 1.65. The molecule has 186 valence electrons. The topological polar surface area (TPSA) is 81.9 Å². The molecule has 6 rings (SSSR count). The van der Waals surface area contributed by atoms with Crippen LogP contribution in [0.15, 0.2) is 57.7 Å². The van der Waals surface area contributed by atoms with Crippen molar-refractivity contribution in [1.82, 2.24) is 4.98 Å². The molecule has 3 aromatic carbocycles. The summed E-state index contributed by atoms with van der Waals surface area (Å²) in [7, 11) is 3.09. The Morgan fingerprint density at radius 1 is 1.00 bits per heavy atom. The summed E-state index contributed by atoms with van der Waals surface area (Å²) in [5.41, 5.74) is 3.81. The van der Waals surface area contributed by atoms with Crippen molar-refractivity contribution in [3.63, 3.8) is 0 Å². The van der Waals surface area contributed by atoms with Crippen LogP contribution in [-0.4, -0.2) is 25.1 Å². The summed E-state index contributed by atoms with van der Waals surface area (Å²) in [6.07, 6.45) is 0. The molecule has 0 bridgehead atoms. The first-order valence-corrected chi connectivity index (χ1v) is 12.7. The largest absolute Gasteiger partial charge is 0.493 e. The molecule has 0 aliphatic carbocycles. The number of thiazole rings is 1. The molecule has 1 atom stereocenters. The number of methoxy groups -OCH3 is 2. The smallest absolute Gasteiger partial charge is 0.297 e. The second kappa shape index (κ2) is 8.61. The lowest BCUT2D eigenvalue weighted by Gasteiger charge is -2.23. The highest BCUT2D eigenvalue weighted by atomic mass is 35.5. The minimum Gasteiger partial charge on any atom is -0.493 e. The minimum absolute atomic E-state index is 0.00762. The fourth-order valence-electron chi connectivity index (χ4n) is 4.94. The second-order valence-electron chi connectivity index (χ2n) is 8.93. The van der Waals surface area contributed by atoms with Crippen molar-refractivity contribution in [3.8, 4) is 11.5 Å². The van der Waals surface area contributed by atoms with Crippen LogP contribution in [0.1, 0.15) is 38.9 Å². The molecular formula is C28H21ClN2O5S. The zero-order valence-corrected chi connectivity index (χ0v) is 22.0. The second-order valence-corrected chi connectivity index (χ2v) is 10.4. The number of fused-ring (bicyclic) bond motifs is 3. The number of anilines is 1. The van der Waals surface area contributed by atoms with E-state index in [-0.39, 0.29) is 16.8 Å². The van der Waals surface area contributed by atoms with Crippen molar-refractivity contribution in [3.05, 3.63) is 91.8 Å². The maximum Gasteiger partial charge on any atom is 0.297 e. The van der Waals surface area contributed by atoms with E-state index in [4.69, 9.17) is 30.5 Å². The summed E-state index contributed by atoms with van der Waals surface area (Å²) < 4.78 is 17.9. The number of amides is 1. The van der Waals surface area contributed by atoms with Crippen LogP contribution < -0.4 is 19.8 Å². The van der Waals surface area contributed by atoms with Crippen LogP contribution in [0.3, 0.4) is 0 Å². The lowest BCUT2D eigenvalue weighted by Crippen LogP contribution is -2.29. The number of benzene rings is 3. The standard InChI is InChI=1S/C28H21ClN2O5S/c1-13-9-14(2)23-21(10-13)37-28(30-23)31-24(15-5-7-19(34-3)20(11-15)35-4)22-25(32)17-12-16(29)6-8-18(17)36-26(22)27(31)33/h5-12,24H,1-4H3/t24-/m0/s1. The maximum atomic E-state index is 13.9. The monoisotopic (exact) mass is 532 g/mol. The number of aromatic nitrogens is 1. The van der Waals surface area contributed by atoms with Gasteiger partial charge in [-0.25, -0.2) is 4.98 Å². The van der Waals surface area contributed by atoms with Gasteiger partial charge in [-0.05, 0) is 66.9 Å². The SMILES string of the molecule is COc1ccc([C@H]2c3c(oc4ccc(Cl)cc4c3=O)C(=O)N2c2nc3c(C)cc(C)cc3s2)cc1OC. The number of halogens is 1. The molecule has 0 fully saturated rings. The summed E-state index contributed by atoms with van der Waals surface area (Å²) in [5.74, 6) is 0.569. The number of nitrogens with zero attached hydrogens (tertiary/aromatic N) is 2. The first kappa shape index (κ1) is 23.5. The molecule has 0 saturated carbocycles. The molecule has 0 spiro atoms. The van der Waals surface area contributed by atoms with Gasteiger partial charge in [0.25, 0.3) is 5.91 Å². The molecule has 0 radical (unpaired) electrons. The van der Waals surface area contributed by atoms with Crippen LogP contribution in [0.2, 0.25) is 5.02 Å². The summed E-state index contributed by atoms with van der Waals surface area (Å²) in [6.45, 7) is 4.02. The van der Waals surface area contributed by atoms with E-state index < -0.39 is 11.9 Å². The molecule has 2 aromatic heterocycles. The van der Waals surface area contributed by atoms with Crippen LogP contribution in [0.5, 0.6) is 11.5 Å². The van der Waals surface area contributed by atoms with E-state index in [1.54, 1.807) is 37.4 Å². The molecule has 3 heterocycles. The fraction of sp³-hybridized carbons (Fsp3) is 0.179. The Kier molecular flexibility index (Phi) is 5.47. The number of ether oxygens (including phenoxy) is 2. The highest BCUT2D eigenvalue weighted by Crippen LogP contribution is 2.45. The van der Waals surface area contributed by atoms with Gasteiger partial charge in [-0.2, -0.15) is 0 Å². The van der Waals surface area contributed by atoms with E-state index in [0.717, 1.165) is 21.3 Å². The zero-order valence-electron chi connectivity index (χ0n) is 20.4. The van der Waals surface area contributed by atoms with Gasteiger partial charge in [-0.1, -0.05) is 35.1 Å². The van der Waals surface area contributed by atoms with Crippen molar-refractivity contribution in [1.29, 1.82) is 0 Å². The number of carbonyl (C=O) groups excluding carboxylic acids is 1. The van der Waals surface area contributed by atoms with E-state index in [1.807, 2.05) is 26.0 Å². The summed E-state index contributed by atoms with van der Waals surface area (Å²) in [4.78, 5) is 34.2. The Morgan fingerprint density at radius 2 is 1.78 bits per heavy atom. The van der Waals surface area contributed by atoms with Crippen LogP contribution in [-0.2, 0) is 0 Å². The van der Waals surface area contributed by atoms with Gasteiger partial charge in [-0.3, -0.25) is 14.5 Å². The van der Waals surface area contributed by atoms with Gasteiger partial charge in [0, 0.05) is 5.02 Å². The fourth-order valence-corrected chi connectivity index (χ4v) is 6.28. The summed E-state index contributed by atoms with van der Waals surface area (Å²) in [5, 5.41) is 1.18. The highest BCUT2D eigenvalue weighted by Gasteiger charge is 2.45. The van der Waals surface area contributed by atoms with Crippen LogP contribution in [0.25, 0.3) is 21.2 Å². The molecule has 1 aliphatic rings. The molecule has 7 nitrogen and oxygen atoms in total. The quantitative estimate of drug-likeness (QED) is 0.265. The molecule has 0 N–H and O–H groups in total. The lowest BCUT2D eigenvalue weighted by molar-refractivity contribution is 0.0971. The van der Waals surface area contributed by atoms with Crippen LogP contribution in [0.4, 0.5) is 5.13 Å². The zero-order chi connectivity index (χ0) is 26.0. The van der Waals surface area contributed by atoms with Gasteiger partial charge >= 0.3 is 0 Å². The molecule has 37 heavy (non-hydrogen) atoms. The van der Waals surface area contributed by atoms with Crippen LogP contribution in [0, 0.1) is 13.8 Å². The third-order valence-electron chi connectivity index (χ3n) is 6.58. The van der Waals surface area contributed by atoms with Gasteiger partial charge in [0.05, 0.1) is 41.4 Å². The van der Waals surface area contributed by atoms with Crippen molar-refractivity contribution < 1.29 is 18.7 Å². The number of rotatable bonds is 4. The van der Waals surface area contributed by atoms with Gasteiger partial charge in [-0.15, -0.1) is 0 Å². The predicted molar refractivity (Wildman–Crippen MR) is 145 cm³/mol. The molecule has 0 saturated heterocycles. The van der Waals surface area contributed by atoms with Crippen molar-refractivity contribution in [2.45, 2.75) is 19.9 Å². The Morgan fingerprint density at radius 3 is 2.54 bits per heavy atom. The molecule has 0 unspecified atom stereocenters. The summed E-state index contributed by atoms with van der Waals surface area (Å²) >= 11 is 7.60. The average molecular weight is 533 g/mol. The van der Waals surface area contributed by atoms with E-state index in [9.17, 15) is 9.59 Å². The molecule has 1 aliphatic heterocycles. The molecule has 9 heteroatoms. The third-order valence-corrected chi connectivity index (χ3v) is 7.82. The number of carbonyl (C=O) groups is 1. The molecule has 1 amide bonds. The molecular weight excluding hydrogens is 512 g/mol. The average Bonchev–Trinajstić information content (AvgIpc) is 3.43. The van der Waals surface area contributed by atoms with Gasteiger partial charge < -0.3 is 13.9 Å². The first-order valence-electron chi connectivity index (χ1n) is 11.5. The molecule has 5 aromatic rings. The normalized spacial score (nSPS) is 15.0. The third kappa shape index (κ3) is 3.59. The number of hydrogen-bond donors (Lipinski definition) is 0. The number of hydrogen-bond acceptors (Lipinski definition) is 7. The summed E-state index contributed by atoms with van der Waals surface area (Å²) in [6, 6.07) is 13.4. The minimum atomic E-state index is -0.788. The first-order chi connectivity index (χ1) is 17.8. The van der Waals surface area contributed by atoms with Crippen molar-refractivity contribution in [2.75, 3.05) is 19.1 Å². The van der Waals surface area contributed by atoms with Crippen LogP contribution >= 0.6 is 22.9 Å². The van der Waals surface area contributed by atoms with Crippen molar-refractivity contribution >= 4 is 55.2 Å². The van der Waals surface area contributed by atoms with Gasteiger partial charge in [0.1, 0.15) is 5.58 Å². The highest BCUT2D eigenvalue weighted by molar-refractivity contribution is 7.22. The van der Waals surface area contributed by atoms with Crippen molar-refractivity contribution in [2.24, 2.45) is 0 Å². The Bertz CT molecular complexity index is 1810. The lowest BCUT2D eigenvalue weighted by atomic mass is 9.98. The predicted octanol–water partition coefficient (Wildman–Crippen LogP) is 6.44. The maximum absolute atomic E-state index is 13.9. The Labute approximate surface area is 220 Å². The van der Waals surface area contributed by atoms with Gasteiger partial charge in [0.2, 0.25) is 5.76 Å². The van der Waals surface area contributed by atoms with E-state index in [2.05, 4.69) is 6.07 Å². The Hall–Kier alpha value is -3.88. The number of aryl methyl sites for hydroxylation is 2.